The van der Waals surface area contributed by atoms with Crippen LogP contribution in [0.25, 0.3) is 0 Å². The van der Waals surface area contributed by atoms with Gasteiger partial charge >= 0.3 is 0 Å². The Bertz CT molecular complexity index is 802. The van der Waals surface area contributed by atoms with Gasteiger partial charge in [0.2, 0.25) is 10.0 Å². The van der Waals surface area contributed by atoms with Gasteiger partial charge in [-0.25, -0.2) is 8.42 Å². The Hall–Kier alpha value is -2.01. The fraction of sp³-hybridized carbons (Fsp3) is 0.333. The molecule has 1 fully saturated rings. The van der Waals surface area contributed by atoms with Crippen LogP contribution in [0.1, 0.15) is 30.5 Å². The molecule has 1 aliphatic heterocycles. The second kappa shape index (κ2) is 6.24. The Labute approximate surface area is 138 Å². The number of anilines is 2. The molecule has 1 aliphatic rings. The normalized spacial score (nSPS) is 17.9. The predicted molar refractivity (Wildman–Crippen MR) is 95.4 cm³/mol. The molecule has 5 heteroatoms. The number of rotatable bonds is 4. The Morgan fingerprint density at radius 1 is 1.13 bits per heavy atom. The summed E-state index contributed by atoms with van der Waals surface area (Å²) in [5.41, 5.74) is 4.11. The van der Waals surface area contributed by atoms with Gasteiger partial charge in [0.05, 0.1) is 11.4 Å². The summed E-state index contributed by atoms with van der Waals surface area (Å²) in [7, 11) is -3.14. The van der Waals surface area contributed by atoms with Gasteiger partial charge in [-0.15, -0.1) is 0 Å². The van der Waals surface area contributed by atoms with Crippen LogP contribution in [0.2, 0.25) is 0 Å². The first-order valence-electron chi connectivity index (χ1n) is 7.89. The quantitative estimate of drug-likeness (QED) is 0.930. The maximum absolute atomic E-state index is 12.1. The summed E-state index contributed by atoms with van der Waals surface area (Å²) in [6, 6.07) is 16.2. The van der Waals surface area contributed by atoms with Gasteiger partial charge in [0.1, 0.15) is 0 Å². The fourth-order valence-corrected chi connectivity index (χ4v) is 4.51. The van der Waals surface area contributed by atoms with Gasteiger partial charge in [-0.2, -0.15) is 0 Å². The van der Waals surface area contributed by atoms with Crippen molar-refractivity contribution in [3.05, 3.63) is 59.7 Å². The lowest BCUT2D eigenvalue weighted by Gasteiger charge is -2.20. The van der Waals surface area contributed by atoms with Crippen molar-refractivity contribution in [2.75, 3.05) is 21.9 Å². The van der Waals surface area contributed by atoms with E-state index in [1.807, 2.05) is 24.3 Å². The standard InChI is InChI=1S/C18H22N2O2S/c1-14-6-3-7-16(12-14)15(2)19-17-8-4-9-18(13-17)20-10-5-11-23(20,21)22/h3-4,6-9,12-13,15,19H,5,10-11H2,1-2H3/t15-/m1/s1. The highest BCUT2D eigenvalue weighted by atomic mass is 32.2. The summed E-state index contributed by atoms with van der Waals surface area (Å²) in [4.78, 5) is 0. The zero-order valence-electron chi connectivity index (χ0n) is 13.5. The molecular formula is C18H22N2O2S. The number of aryl methyl sites for hydroxylation is 1. The Morgan fingerprint density at radius 3 is 2.61 bits per heavy atom. The van der Waals surface area contributed by atoms with Crippen molar-refractivity contribution in [3.8, 4) is 0 Å². The summed E-state index contributed by atoms with van der Waals surface area (Å²) in [5.74, 6) is 0.240. The highest BCUT2D eigenvalue weighted by molar-refractivity contribution is 7.93. The summed E-state index contributed by atoms with van der Waals surface area (Å²) >= 11 is 0. The molecule has 0 saturated carbocycles. The van der Waals surface area contributed by atoms with Crippen LogP contribution in [0.5, 0.6) is 0 Å². The first kappa shape index (κ1) is 15.9. The minimum absolute atomic E-state index is 0.153. The van der Waals surface area contributed by atoms with Gasteiger partial charge < -0.3 is 5.32 Å². The average molecular weight is 330 g/mol. The molecule has 0 spiro atoms. The smallest absolute Gasteiger partial charge is 0.235 e. The number of nitrogens with zero attached hydrogens (tertiary/aromatic N) is 1. The van der Waals surface area contributed by atoms with E-state index >= 15 is 0 Å². The number of hydrogen-bond acceptors (Lipinski definition) is 3. The topological polar surface area (TPSA) is 49.4 Å². The van der Waals surface area contributed by atoms with E-state index < -0.39 is 10.0 Å². The van der Waals surface area contributed by atoms with Crippen molar-refractivity contribution in [2.24, 2.45) is 0 Å². The Morgan fingerprint density at radius 2 is 1.91 bits per heavy atom. The van der Waals surface area contributed by atoms with Crippen LogP contribution in [-0.4, -0.2) is 20.7 Å². The maximum atomic E-state index is 12.1. The Kier molecular flexibility index (Phi) is 4.31. The van der Waals surface area contributed by atoms with E-state index in [0.717, 1.165) is 11.4 Å². The third-order valence-corrected chi connectivity index (χ3v) is 6.03. The molecule has 0 bridgehead atoms. The van der Waals surface area contributed by atoms with E-state index in [1.54, 1.807) is 0 Å². The second-order valence-corrected chi connectivity index (χ2v) is 8.09. The summed E-state index contributed by atoms with van der Waals surface area (Å²) in [6.45, 7) is 4.75. The molecule has 0 radical (unpaired) electrons. The largest absolute Gasteiger partial charge is 0.378 e. The highest BCUT2D eigenvalue weighted by Crippen LogP contribution is 2.28. The van der Waals surface area contributed by atoms with E-state index in [9.17, 15) is 8.42 Å². The lowest BCUT2D eigenvalue weighted by Crippen LogP contribution is -2.25. The van der Waals surface area contributed by atoms with Crippen molar-refractivity contribution in [1.82, 2.24) is 0 Å². The molecule has 1 N–H and O–H groups in total. The molecule has 122 valence electrons. The van der Waals surface area contributed by atoms with Crippen LogP contribution in [-0.2, 0) is 10.0 Å². The second-order valence-electron chi connectivity index (χ2n) is 6.07. The lowest BCUT2D eigenvalue weighted by atomic mass is 10.1. The summed E-state index contributed by atoms with van der Waals surface area (Å²) in [5, 5.41) is 3.46. The SMILES string of the molecule is Cc1cccc([C@@H](C)Nc2cccc(N3CCCS3(=O)=O)c2)c1. The van der Waals surface area contributed by atoms with E-state index in [1.165, 1.54) is 15.4 Å². The van der Waals surface area contributed by atoms with Crippen LogP contribution in [0.3, 0.4) is 0 Å². The predicted octanol–water partition coefficient (Wildman–Crippen LogP) is 3.71. The van der Waals surface area contributed by atoms with E-state index in [2.05, 4.69) is 43.4 Å². The van der Waals surface area contributed by atoms with Crippen molar-refractivity contribution in [1.29, 1.82) is 0 Å². The third kappa shape index (κ3) is 3.50. The van der Waals surface area contributed by atoms with E-state index in [-0.39, 0.29) is 11.8 Å². The van der Waals surface area contributed by atoms with Crippen LogP contribution < -0.4 is 9.62 Å². The molecule has 1 heterocycles. The zero-order chi connectivity index (χ0) is 16.4. The van der Waals surface area contributed by atoms with Gasteiger partial charge in [0.25, 0.3) is 0 Å². The number of sulfonamides is 1. The minimum atomic E-state index is -3.14. The summed E-state index contributed by atoms with van der Waals surface area (Å²) in [6.07, 6.45) is 0.694. The number of hydrogen-bond donors (Lipinski definition) is 1. The van der Waals surface area contributed by atoms with Crippen molar-refractivity contribution >= 4 is 21.4 Å². The maximum Gasteiger partial charge on any atom is 0.235 e. The molecule has 4 nitrogen and oxygen atoms in total. The average Bonchev–Trinajstić information content (AvgIpc) is 2.87. The van der Waals surface area contributed by atoms with Gasteiger partial charge in [-0.1, -0.05) is 35.9 Å². The molecule has 1 saturated heterocycles. The van der Waals surface area contributed by atoms with Crippen LogP contribution in [0, 0.1) is 6.92 Å². The van der Waals surface area contributed by atoms with Gasteiger partial charge in [0, 0.05) is 18.3 Å². The van der Waals surface area contributed by atoms with Crippen molar-refractivity contribution in [3.63, 3.8) is 0 Å². The molecule has 2 aromatic carbocycles. The molecule has 1 atom stereocenters. The number of nitrogens with one attached hydrogen (secondary N) is 1. The molecule has 0 unspecified atom stereocenters. The van der Waals surface area contributed by atoms with Crippen LogP contribution in [0.4, 0.5) is 11.4 Å². The first-order valence-corrected chi connectivity index (χ1v) is 9.50. The molecule has 0 amide bonds. The summed E-state index contributed by atoms with van der Waals surface area (Å²) < 4.78 is 25.6. The minimum Gasteiger partial charge on any atom is -0.378 e. The highest BCUT2D eigenvalue weighted by Gasteiger charge is 2.28. The van der Waals surface area contributed by atoms with Gasteiger partial charge in [0.15, 0.2) is 0 Å². The lowest BCUT2D eigenvalue weighted by molar-refractivity contribution is 0.599. The monoisotopic (exact) mass is 330 g/mol. The van der Waals surface area contributed by atoms with E-state index in [0.29, 0.717) is 13.0 Å². The number of benzene rings is 2. The first-order chi connectivity index (χ1) is 11.0. The van der Waals surface area contributed by atoms with Gasteiger partial charge in [-0.05, 0) is 44.0 Å². The van der Waals surface area contributed by atoms with Crippen LogP contribution >= 0.6 is 0 Å². The molecule has 0 aliphatic carbocycles. The van der Waals surface area contributed by atoms with Crippen molar-refractivity contribution < 1.29 is 8.42 Å². The van der Waals surface area contributed by atoms with E-state index in [4.69, 9.17) is 0 Å². The molecule has 2 aromatic rings. The van der Waals surface area contributed by atoms with Crippen molar-refractivity contribution in [2.45, 2.75) is 26.3 Å². The van der Waals surface area contributed by atoms with Crippen LogP contribution in [0.15, 0.2) is 48.5 Å². The third-order valence-electron chi connectivity index (χ3n) is 4.16. The fourth-order valence-electron chi connectivity index (χ4n) is 2.95. The Balaban J connectivity index is 1.80. The molecule has 23 heavy (non-hydrogen) atoms. The molecule has 0 aromatic heterocycles. The molecular weight excluding hydrogens is 308 g/mol. The van der Waals surface area contributed by atoms with Gasteiger partial charge in [-0.3, -0.25) is 4.31 Å². The zero-order valence-corrected chi connectivity index (χ0v) is 14.3. The molecule has 3 rings (SSSR count).